The Morgan fingerprint density at radius 1 is 0.938 bits per heavy atom. The fourth-order valence-electron chi connectivity index (χ4n) is 0.0667. The van der Waals surface area contributed by atoms with Crippen molar-refractivity contribution in [3.05, 3.63) is 0 Å². The SMILES string of the molecule is N=NC=NN.N=NC=NN.O=C(O)C(=O)O. The molecule has 0 aliphatic carbocycles. The number of aliphatic carboxylic acids is 2. The molecule has 0 heterocycles. The third-order valence-electron chi connectivity index (χ3n) is 0.432. The maximum absolute atomic E-state index is 9.10. The van der Waals surface area contributed by atoms with Crippen LogP contribution in [0.4, 0.5) is 0 Å². The first kappa shape index (κ1) is 18.8. The minimum atomic E-state index is -1.82. The minimum absolute atomic E-state index is 0.944. The van der Waals surface area contributed by atoms with Crippen molar-refractivity contribution in [1.29, 1.82) is 11.1 Å². The predicted octanol–water partition coefficient (Wildman–Crippen LogP) is -1.01. The van der Waals surface area contributed by atoms with Crippen LogP contribution in [-0.2, 0) is 9.59 Å². The molecule has 0 spiro atoms. The summed E-state index contributed by atoms with van der Waals surface area (Å²) in [6.07, 6.45) is 1.89. The molecule has 0 atom stereocenters. The van der Waals surface area contributed by atoms with Crippen molar-refractivity contribution in [2.24, 2.45) is 32.1 Å². The van der Waals surface area contributed by atoms with E-state index in [1.807, 2.05) is 0 Å². The zero-order valence-corrected chi connectivity index (χ0v) is 7.81. The van der Waals surface area contributed by atoms with Gasteiger partial charge in [-0.15, -0.1) is 10.2 Å². The van der Waals surface area contributed by atoms with Gasteiger partial charge in [0.15, 0.2) is 12.7 Å². The first-order valence-corrected chi connectivity index (χ1v) is 3.10. The van der Waals surface area contributed by atoms with Gasteiger partial charge in [0.25, 0.3) is 0 Å². The number of hydrazone groups is 2. The van der Waals surface area contributed by atoms with Crippen LogP contribution in [0.3, 0.4) is 0 Å². The number of carboxylic acids is 2. The van der Waals surface area contributed by atoms with Crippen LogP contribution in [0.5, 0.6) is 0 Å². The van der Waals surface area contributed by atoms with E-state index in [0.29, 0.717) is 0 Å². The van der Waals surface area contributed by atoms with Gasteiger partial charge < -0.3 is 21.9 Å². The fraction of sp³-hybridized carbons (Fsp3) is 0. The summed E-state index contributed by atoms with van der Waals surface area (Å²) in [5.41, 5.74) is 12.0. The van der Waals surface area contributed by atoms with Crippen molar-refractivity contribution in [2.45, 2.75) is 0 Å². The summed E-state index contributed by atoms with van der Waals surface area (Å²) in [6.45, 7) is 0. The normalized spacial score (nSPS) is 8.25. The Morgan fingerprint density at radius 3 is 1.19 bits per heavy atom. The molecule has 0 saturated carbocycles. The van der Waals surface area contributed by atoms with Crippen LogP contribution in [-0.4, -0.2) is 34.8 Å². The number of hydrogen-bond donors (Lipinski definition) is 6. The molecular formula is C4H10N8O4. The van der Waals surface area contributed by atoms with Gasteiger partial charge >= 0.3 is 11.9 Å². The molecule has 0 saturated heterocycles. The Balaban J connectivity index is -0.000000160. The lowest BCUT2D eigenvalue weighted by atomic mass is 10.7. The van der Waals surface area contributed by atoms with Crippen molar-refractivity contribution in [2.75, 3.05) is 0 Å². The number of carbonyl (C=O) groups is 2. The highest BCUT2D eigenvalue weighted by atomic mass is 16.4. The molecule has 12 nitrogen and oxygen atoms in total. The second kappa shape index (κ2) is 18.0. The maximum Gasteiger partial charge on any atom is 0.414 e. The van der Waals surface area contributed by atoms with E-state index in [9.17, 15) is 0 Å². The van der Waals surface area contributed by atoms with Crippen LogP contribution in [0.15, 0.2) is 20.4 Å². The fourth-order valence-corrected chi connectivity index (χ4v) is 0.0667. The van der Waals surface area contributed by atoms with Crippen molar-refractivity contribution in [3.63, 3.8) is 0 Å². The van der Waals surface area contributed by atoms with E-state index in [4.69, 9.17) is 30.9 Å². The average molecular weight is 234 g/mol. The van der Waals surface area contributed by atoms with E-state index < -0.39 is 11.9 Å². The Bertz CT molecular complexity index is 245. The summed E-state index contributed by atoms with van der Waals surface area (Å²) in [5.74, 6) is 5.34. The number of rotatable bonds is 2. The summed E-state index contributed by atoms with van der Waals surface area (Å²) in [4.78, 5) is 18.2. The van der Waals surface area contributed by atoms with Crippen LogP contribution in [0.1, 0.15) is 0 Å². The van der Waals surface area contributed by atoms with Gasteiger partial charge in [-0.05, 0) is 0 Å². The molecule has 0 unspecified atom stereocenters. The molecule has 0 bridgehead atoms. The monoisotopic (exact) mass is 234 g/mol. The van der Waals surface area contributed by atoms with Gasteiger partial charge in [-0.1, -0.05) is 0 Å². The second-order valence-electron chi connectivity index (χ2n) is 1.40. The molecule has 8 N–H and O–H groups in total. The van der Waals surface area contributed by atoms with E-state index in [0.717, 1.165) is 12.7 Å². The Kier molecular flexibility index (Phi) is 21.1. The van der Waals surface area contributed by atoms with Crippen molar-refractivity contribution in [1.82, 2.24) is 0 Å². The molecule has 0 amide bonds. The molecule has 0 aromatic rings. The molecule has 16 heavy (non-hydrogen) atoms. The summed E-state index contributed by atoms with van der Waals surface area (Å²) >= 11 is 0. The summed E-state index contributed by atoms with van der Waals surface area (Å²) in [6, 6.07) is 0. The third kappa shape index (κ3) is 43.6. The number of carboxylic acid groups (broad SMARTS) is 2. The van der Waals surface area contributed by atoms with E-state index in [1.54, 1.807) is 0 Å². The van der Waals surface area contributed by atoms with Gasteiger partial charge in [-0.25, -0.2) is 20.7 Å². The van der Waals surface area contributed by atoms with Crippen LogP contribution >= 0.6 is 0 Å². The molecular weight excluding hydrogens is 224 g/mol. The molecule has 0 aromatic heterocycles. The zero-order chi connectivity index (χ0) is 13.4. The average Bonchev–Trinajstić information content (AvgIpc) is 2.22. The Hall–Kier alpha value is -2.92. The molecule has 0 fully saturated rings. The van der Waals surface area contributed by atoms with Crippen LogP contribution in [0.2, 0.25) is 0 Å². The summed E-state index contributed by atoms with van der Waals surface area (Å²) in [7, 11) is 0. The van der Waals surface area contributed by atoms with Crippen molar-refractivity contribution >= 4 is 24.6 Å². The molecule has 0 aliphatic rings. The Morgan fingerprint density at radius 2 is 1.19 bits per heavy atom. The third-order valence-corrected chi connectivity index (χ3v) is 0.432. The van der Waals surface area contributed by atoms with Gasteiger partial charge in [0.05, 0.1) is 0 Å². The smallest absolute Gasteiger partial charge is 0.414 e. The summed E-state index contributed by atoms with van der Waals surface area (Å²) in [5, 5.41) is 25.9. The van der Waals surface area contributed by atoms with Gasteiger partial charge in [-0.3, -0.25) is 0 Å². The van der Waals surface area contributed by atoms with Crippen LogP contribution in [0, 0.1) is 11.1 Å². The molecule has 0 aliphatic heterocycles. The van der Waals surface area contributed by atoms with E-state index in [-0.39, 0.29) is 0 Å². The Labute approximate surface area is 88.6 Å². The highest BCUT2D eigenvalue weighted by molar-refractivity contribution is 6.27. The number of hydrogen-bond acceptors (Lipinski definition) is 8. The first-order valence-electron chi connectivity index (χ1n) is 3.10. The molecule has 90 valence electrons. The van der Waals surface area contributed by atoms with E-state index in [2.05, 4.69) is 32.1 Å². The minimum Gasteiger partial charge on any atom is -0.473 e. The quantitative estimate of drug-likeness (QED) is 0.0875. The first-order chi connectivity index (χ1) is 7.47. The lowest BCUT2D eigenvalue weighted by Crippen LogP contribution is -2.09. The maximum atomic E-state index is 9.10. The van der Waals surface area contributed by atoms with Gasteiger partial charge in [0.2, 0.25) is 0 Å². The van der Waals surface area contributed by atoms with Gasteiger partial charge in [0, 0.05) is 0 Å². The number of nitrogens with zero attached hydrogens (tertiary/aromatic N) is 4. The summed E-state index contributed by atoms with van der Waals surface area (Å²) < 4.78 is 0. The molecule has 0 radical (unpaired) electrons. The second-order valence-corrected chi connectivity index (χ2v) is 1.40. The highest BCUT2D eigenvalue weighted by Crippen LogP contribution is 1.56. The topological polar surface area (TPSA) is 224 Å². The number of nitrogens with one attached hydrogen (secondary N) is 2. The number of nitrogens with two attached hydrogens (primary N) is 2. The van der Waals surface area contributed by atoms with Crippen molar-refractivity contribution < 1.29 is 19.8 Å². The highest BCUT2D eigenvalue weighted by Gasteiger charge is 2.04. The predicted molar refractivity (Wildman–Crippen MR) is 50.9 cm³/mol. The lowest BCUT2D eigenvalue weighted by molar-refractivity contribution is -0.159. The van der Waals surface area contributed by atoms with E-state index >= 15 is 0 Å². The van der Waals surface area contributed by atoms with E-state index in [1.165, 1.54) is 0 Å². The lowest BCUT2D eigenvalue weighted by Gasteiger charge is -1.72. The van der Waals surface area contributed by atoms with Crippen molar-refractivity contribution in [3.8, 4) is 0 Å². The largest absolute Gasteiger partial charge is 0.473 e. The van der Waals surface area contributed by atoms with Crippen LogP contribution in [0.25, 0.3) is 0 Å². The standard InChI is InChI=1S/C2H2O4.2CH4N4/c3-1(4)2(5)6;2*2-4-1-5-3/h(H,3,4)(H,5,6);2*1-2H,3H2. The zero-order valence-electron chi connectivity index (χ0n) is 7.81. The van der Waals surface area contributed by atoms with Crippen LogP contribution < -0.4 is 11.7 Å². The molecule has 12 heteroatoms. The molecule has 0 aromatic carbocycles. The molecule has 0 rings (SSSR count). The van der Waals surface area contributed by atoms with Gasteiger partial charge in [-0.2, -0.15) is 10.2 Å². The van der Waals surface area contributed by atoms with Gasteiger partial charge in [0.1, 0.15) is 0 Å².